The molecule has 0 radical (unpaired) electrons. The van der Waals surface area contributed by atoms with Crippen LogP contribution in [0.5, 0.6) is 40.4 Å². The summed E-state index contributed by atoms with van der Waals surface area (Å²) < 4.78 is 80.9. The van der Waals surface area contributed by atoms with Gasteiger partial charge in [0.2, 0.25) is 25.4 Å². The van der Waals surface area contributed by atoms with Crippen molar-refractivity contribution in [3.8, 4) is 40.4 Å². The van der Waals surface area contributed by atoms with Crippen LogP contribution in [-0.4, -0.2) is 69.8 Å². The number of nitrogens with two attached hydrogens (primary N) is 1. The SMILES string of the molecule is COc1nc(N)nc2c1ncn2[C@@H]1O[C@H](COP(=O)(Oc2ccc3c(c2)OCO3)Oc2ccc3c(c2)OCO3)[C@@H](O)[C@@]1(C)F. The zero-order valence-electron chi connectivity index (χ0n) is 23.1. The highest BCUT2D eigenvalue weighted by Crippen LogP contribution is 2.53. The molecular weight excluding hydrogens is 608 g/mol. The van der Waals surface area contributed by atoms with E-state index in [0.29, 0.717) is 23.0 Å². The van der Waals surface area contributed by atoms with E-state index < -0.39 is 38.5 Å². The van der Waals surface area contributed by atoms with Crippen LogP contribution in [0.4, 0.5) is 10.3 Å². The summed E-state index contributed by atoms with van der Waals surface area (Å²) in [6.07, 6.45) is -3.28. The van der Waals surface area contributed by atoms with Crippen molar-refractivity contribution in [2.75, 3.05) is 33.0 Å². The van der Waals surface area contributed by atoms with E-state index in [0.717, 1.165) is 6.92 Å². The minimum atomic E-state index is -4.55. The number of ether oxygens (including phenoxy) is 6. The van der Waals surface area contributed by atoms with Gasteiger partial charge < -0.3 is 48.3 Å². The molecule has 0 aliphatic carbocycles. The second-order valence-electron chi connectivity index (χ2n) is 9.99. The zero-order chi connectivity index (χ0) is 30.6. The van der Waals surface area contributed by atoms with Crippen LogP contribution >= 0.6 is 7.82 Å². The number of nitrogen functional groups attached to an aromatic ring is 1. The van der Waals surface area contributed by atoms with Gasteiger partial charge in [0, 0.05) is 12.1 Å². The second-order valence-corrected chi connectivity index (χ2v) is 11.5. The molecule has 4 atom stereocenters. The van der Waals surface area contributed by atoms with Gasteiger partial charge in [0.25, 0.3) is 0 Å². The zero-order valence-corrected chi connectivity index (χ0v) is 24.0. The number of nitrogens with zero attached hydrogens (tertiary/aromatic N) is 4. The highest BCUT2D eigenvalue weighted by atomic mass is 31.2. The molecule has 0 amide bonds. The van der Waals surface area contributed by atoms with Crippen molar-refractivity contribution >= 4 is 24.9 Å². The van der Waals surface area contributed by atoms with Crippen LogP contribution in [0.3, 0.4) is 0 Å². The van der Waals surface area contributed by atoms with Gasteiger partial charge in [0.15, 0.2) is 46.1 Å². The largest absolute Gasteiger partial charge is 0.587 e. The number of rotatable bonds is 9. The number of aliphatic hydroxyl groups excluding tert-OH is 1. The average Bonchev–Trinajstić information content (AvgIpc) is 3.78. The molecule has 2 aromatic heterocycles. The number of phosphoric ester groups is 1. The van der Waals surface area contributed by atoms with Crippen molar-refractivity contribution in [2.24, 2.45) is 0 Å². The Kier molecular flexibility index (Phi) is 6.77. The van der Waals surface area contributed by atoms with E-state index in [9.17, 15) is 9.67 Å². The predicted octanol–water partition coefficient (Wildman–Crippen LogP) is 3.14. The Morgan fingerprint density at radius 1 is 1.05 bits per heavy atom. The van der Waals surface area contributed by atoms with Gasteiger partial charge in [-0.3, -0.25) is 9.09 Å². The van der Waals surface area contributed by atoms with Gasteiger partial charge in [-0.2, -0.15) is 9.97 Å². The molecule has 2 aromatic carbocycles. The number of benzene rings is 2. The highest BCUT2D eigenvalue weighted by molar-refractivity contribution is 7.49. The van der Waals surface area contributed by atoms with Gasteiger partial charge in [0.1, 0.15) is 23.7 Å². The number of halogens is 1. The first-order valence-corrected chi connectivity index (χ1v) is 14.6. The molecule has 0 spiro atoms. The number of fused-ring (bicyclic) bond motifs is 3. The molecule has 44 heavy (non-hydrogen) atoms. The number of hydrogen-bond donors (Lipinski definition) is 2. The molecule has 1 saturated heterocycles. The van der Waals surface area contributed by atoms with Crippen molar-refractivity contribution in [2.45, 2.75) is 31.0 Å². The second kappa shape index (κ2) is 10.6. The van der Waals surface area contributed by atoms with E-state index in [4.69, 9.17) is 47.7 Å². The number of hydrogen-bond acceptors (Lipinski definition) is 15. The summed E-state index contributed by atoms with van der Waals surface area (Å²) in [5.74, 6) is 1.72. The summed E-state index contributed by atoms with van der Waals surface area (Å²) in [7, 11) is -3.18. The third-order valence-electron chi connectivity index (χ3n) is 7.09. The average molecular weight is 633 g/mol. The number of aliphatic hydroxyl groups is 1. The van der Waals surface area contributed by atoms with E-state index in [1.54, 1.807) is 12.1 Å². The molecule has 5 heterocycles. The number of aromatic nitrogens is 4. The van der Waals surface area contributed by atoms with E-state index in [1.165, 1.54) is 42.3 Å². The van der Waals surface area contributed by atoms with Gasteiger partial charge in [-0.1, -0.05) is 0 Å². The van der Waals surface area contributed by atoms with Gasteiger partial charge >= 0.3 is 7.82 Å². The topological polar surface area (TPSA) is 190 Å². The fourth-order valence-corrected chi connectivity index (χ4v) is 6.15. The third-order valence-corrected chi connectivity index (χ3v) is 8.42. The molecule has 0 bridgehead atoms. The fourth-order valence-electron chi connectivity index (χ4n) is 4.93. The summed E-state index contributed by atoms with van der Waals surface area (Å²) in [6.45, 7) is 0.551. The minimum Gasteiger partial charge on any atom is -0.479 e. The summed E-state index contributed by atoms with van der Waals surface area (Å²) in [6, 6.07) is 8.98. The number of anilines is 1. The number of imidazole rings is 1. The molecule has 0 saturated carbocycles. The first-order chi connectivity index (χ1) is 21.1. The maximum Gasteiger partial charge on any atom is 0.587 e. The van der Waals surface area contributed by atoms with Crippen LogP contribution < -0.4 is 38.5 Å². The lowest BCUT2D eigenvalue weighted by molar-refractivity contribution is -0.0556. The third kappa shape index (κ3) is 4.93. The highest BCUT2D eigenvalue weighted by Gasteiger charge is 2.56. The molecule has 3 aliphatic heterocycles. The summed E-state index contributed by atoms with van der Waals surface area (Å²) in [4.78, 5) is 12.3. The first-order valence-electron chi connectivity index (χ1n) is 13.1. The fraction of sp³-hybridized carbons (Fsp3) is 0.346. The molecular formula is C26H25FN5O11P. The van der Waals surface area contributed by atoms with Crippen LogP contribution in [0.25, 0.3) is 11.2 Å². The lowest BCUT2D eigenvalue weighted by Gasteiger charge is -2.24. The normalized spacial score (nSPS) is 23.7. The number of methoxy groups -OCH3 is 1. The predicted molar refractivity (Wildman–Crippen MR) is 146 cm³/mol. The van der Waals surface area contributed by atoms with Gasteiger partial charge in [-0.15, -0.1) is 0 Å². The Balaban J connectivity index is 1.15. The molecule has 7 rings (SSSR count). The molecule has 18 heteroatoms. The molecule has 3 aliphatic rings. The molecule has 4 aromatic rings. The Bertz CT molecular complexity index is 1730. The maximum atomic E-state index is 16.1. The number of alkyl halides is 1. The summed E-state index contributed by atoms with van der Waals surface area (Å²) >= 11 is 0. The van der Waals surface area contributed by atoms with Crippen molar-refractivity contribution in [1.82, 2.24) is 19.5 Å². The van der Waals surface area contributed by atoms with Crippen LogP contribution in [0.2, 0.25) is 0 Å². The number of phosphoric acid groups is 1. The lowest BCUT2D eigenvalue weighted by Crippen LogP contribution is -2.40. The van der Waals surface area contributed by atoms with Crippen LogP contribution in [0.15, 0.2) is 42.7 Å². The van der Waals surface area contributed by atoms with Gasteiger partial charge in [-0.05, 0) is 31.2 Å². The van der Waals surface area contributed by atoms with E-state index in [2.05, 4.69) is 15.0 Å². The lowest BCUT2D eigenvalue weighted by atomic mass is 9.98. The Hall–Kier alpha value is -4.57. The molecule has 0 unspecified atom stereocenters. The van der Waals surface area contributed by atoms with Crippen molar-refractivity contribution in [1.29, 1.82) is 0 Å². The monoisotopic (exact) mass is 633 g/mol. The summed E-state index contributed by atoms with van der Waals surface area (Å²) in [5, 5.41) is 11.0. The van der Waals surface area contributed by atoms with Crippen LogP contribution in [0, 0.1) is 0 Å². The van der Waals surface area contributed by atoms with Gasteiger partial charge in [-0.25, -0.2) is 13.9 Å². The molecule has 3 N–H and O–H groups in total. The quantitative estimate of drug-likeness (QED) is 0.255. The minimum absolute atomic E-state index is 0.0122. The standard InChI is InChI=1S/C26H25FN5O11P/c1-26(27)21(33)19(41-24(26)32-10-29-20-22(32)30-25(28)31-23(20)35-2)9-40-44(34,42-13-3-5-15-17(7-13)38-11-36-15)43-14-4-6-16-18(8-14)39-12-37-16/h3-8,10,19,21,24,33H,9,11-12H2,1-2H3,(H2,28,30,31)/t19-,21-,24-,26-/m1/s1. The Morgan fingerprint density at radius 2 is 1.66 bits per heavy atom. The van der Waals surface area contributed by atoms with Crippen molar-refractivity contribution in [3.05, 3.63) is 42.7 Å². The van der Waals surface area contributed by atoms with Crippen LogP contribution in [-0.2, 0) is 13.8 Å². The maximum absolute atomic E-state index is 16.1. The van der Waals surface area contributed by atoms with E-state index >= 15 is 4.39 Å². The smallest absolute Gasteiger partial charge is 0.479 e. The summed E-state index contributed by atoms with van der Waals surface area (Å²) in [5.41, 5.74) is 3.72. The van der Waals surface area contributed by atoms with Gasteiger partial charge in [0.05, 0.1) is 20.0 Å². The molecule has 1 fully saturated rings. The molecule has 16 nitrogen and oxygen atoms in total. The molecule has 232 valence electrons. The van der Waals surface area contributed by atoms with Crippen LogP contribution in [0.1, 0.15) is 13.2 Å². The Labute approximate surface area is 247 Å². The van der Waals surface area contributed by atoms with Crippen molar-refractivity contribution in [3.63, 3.8) is 0 Å². The van der Waals surface area contributed by atoms with E-state index in [1.807, 2.05) is 0 Å². The van der Waals surface area contributed by atoms with Crippen molar-refractivity contribution < 1.29 is 56.1 Å². The van der Waals surface area contributed by atoms with E-state index in [-0.39, 0.29) is 48.1 Å². The first kappa shape index (κ1) is 28.2. The Morgan fingerprint density at radius 3 is 2.27 bits per heavy atom.